The highest BCUT2D eigenvalue weighted by Gasteiger charge is 2.32. The molecule has 0 spiro atoms. The average Bonchev–Trinajstić information content (AvgIpc) is 2.26. The quantitative estimate of drug-likeness (QED) is 0.877. The lowest BCUT2D eigenvalue weighted by atomic mass is 9.72. The van der Waals surface area contributed by atoms with Gasteiger partial charge in [-0.1, -0.05) is 42.1 Å². The fourth-order valence-corrected chi connectivity index (χ4v) is 3.66. The summed E-state index contributed by atoms with van der Waals surface area (Å²) in [4.78, 5) is 0. The largest absolute Gasteiger partial charge is 0.325 e. The molecule has 1 saturated carbocycles. The SMILES string of the molecule is CCC1CCCC(N)(Cc2cc(F)cc(Br)c2)C1. The number of hydrogen-bond donors (Lipinski definition) is 1. The van der Waals surface area contributed by atoms with E-state index in [2.05, 4.69) is 22.9 Å². The molecule has 0 radical (unpaired) electrons. The summed E-state index contributed by atoms with van der Waals surface area (Å²) in [5.41, 5.74) is 7.37. The molecule has 1 fully saturated rings. The van der Waals surface area contributed by atoms with Crippen molar-refractivity contribution < 1.29 is 4.39 Å². The number of nitrogens with two attached hydrogens (primary N) is 1. The molecule has 18 heavy (non-hydrogen) atoms. The van der Waals surface area contributed by atoms with Crippen molar-refractivity contribution in [1.29, 1.82) is 0 Å². The van der Waals surface area contributed by atoms with Gasteiger partial charge in [0.15, 0.2) is 0 Å². The van der Waals surface area contributed by atoms with Crippen molar-refractivity contribution >= 4 is 15.9 Å². The van der Waals surface area contributed by atoms with Crippen molar-refractivity contribution in [3.63, 3.8) is 0 Å². The fourth-order valence-electron chi connectivity index (χ4n) is 3.15. The fraction of sp³-hybridized carbons (Fsp3) is 0.600. The van der Waals surface area contributed by atoms with Gasteiger partial charge in [-0.2, -0.15) is 0 Å². The summed E-state index contributed by atoms with van der Waals surface area (Å²) < 4.78 is 14.2. The van der Waals surface area contributed by atoms with Crippen LogP contribution < -0.4 is 5.73 Å². The van der Waals surface area contributed by atoms with Crippen molar-refractivity contribution in [1.82, 2.24) is 0 Å². The van der Waals surface area contributed by atoms with Crippen molar-refractivity contribution in [2.75, 3.05) is 0 Å². The van der Waals surface area contributed by atoms with Crippen LogP contribution in [0.5, 0.6) is 0 Å². The van der Waals surface area contributed by atoms with Crippen molar-refractivity contribution in [2.24, 2.45) is 11.7 Å². The van der Waals surface area contributed by atoms with Crippen LogP contribution in [-0.4, -0.2) is 5.54 Å². The maximum atomic E-state index is 13.4. The van der Waals surface area contributed by atoms with Gasteiger partial charge in [0.2, 0.25) is 0 Å². The molecular weight excluding hydrogens is 293 g/mol. The van der Waals surface area contributed by atoms with Crippen molar-refractivity contribution in [2.45, 2.75) is 51.0 Å². The lowest BCUT2D eigenvalue weighted by molar-refractivity contribution is 0.218. The third-order valence-corrected chi connectivity index (χ3v) is 4.50. The first-order valence-electron chi connectivity index (χ1n) is 6.74. The molecule has 0 aromatic heterocycles. The van der Waals surface area contributed by atoms with E-state index in [-0.39, 0.29) is 11.4 Å². The van der Waals surface area contributed by atoms with Crippen LogP contribution in [0.4, 0.5) is 4.39 Å². The molecule has 1 aliphatic rings. The molecule has 100 valence electrons. The second-order valence-electron chi connectivity index (χ2n) is 5.69. The summed E-state index contributed by atoms with van der Waals surface area (Å²) in [6, 6.07) is 5.07. The highest BCUT2D eigenvalue weighted by Crippen LogP contribution is 2.35. The minimum atomic E-state index is -0.189. The van der Waals surface area contributed by atoms with Crippen LogP contribution in [0, 0.1) is 11.7 Å². The van der Waals surface area contributed by atoms with Gasteiger partial charge in [-0.25, -0.2) is 4.39 Å². The topological polar surface area (TPSA) is 26.0 Å². The third-order valence-electron chi connectivity index (χ3n) is 4.04. The molecule has 3 heteroatoms. The smallest absolute Gasteiger partial charge is 0.124 e. The minimum absolute atomic E-state index is 0.147. The molecular formula is C15H21BrFN. The summed E-state index contributed by atoms with van der Waals surface area (Å²) in [6.45, 7) is 2.23. The van der Waals surface area contributed by atoms with Gasteiger partial charge < -0.3 is 5.73 Å². The first-order chi connectivity index (χ1) is 8.50. The molecule has 0 aliphatic heterocycles. The van der Waals surface area contributed by atoms with Gasteiger partial charge >= 0.3 is 0 Å². The van der Waals surface area contributed by atoms with Gasteiger partial charge in [0.25, 0.3) is 0 Å². The first-order valence-corrected chi connectivity index (χ1v) is 7.54. The van der Waals surface area contributed by atoms with Gasteiger partial charge in [-0.15, -0.1) is 0 Å². The van der Waals surface area contributed by atoms with Crippen LogP contribution in [0.3, 0.4) is 0 Å². The Balaban J connectivity index is 2.11. The van der Waals surface area contributed by atoms with Crippen LogP contribution in [-0.2, 0) is 6.42 Å². The molecule has 2 atom stereocenters. The lowest BCUT2D eigenvalue weighted by Crippen LogP contribution is -2.46. The summed E-state index contributed by atoms with van der Waals surface area (Å²) >= 11 is 3.34. The number of hydrogen-bond acceptors (Lipinski definition) is 1. The Hall–Kier alpha value is -0.410. The first kappa shape index (κ1) is 14.0. The Morgan fingerprint density at radius 3 is 2.89 bits per heavy atom. The number of rotatable bonds is 3. The molecule has 1 nitrogen and oxygen atoms in total. The third kappa shape index (κ3) is 3.55. The Labute approximate surface area is 117 Å². The van der Waals surface area contributed by atoms with Crippen LogP contribution in [0.15, 0.2) is 22.7 Å². The van der Waals surface area contributed by atoms with E-state index in [1.54, 1.807) is 6.07 Å². The van der Waals surface area contributed by atoms with Gasteiger partial charge in [-0.3, -0.25) is 0 Å². The normalized spacial score (nSPS) is 28.3. The Morgan fingerprint density at radius 1 is 1.44 bits per heavy atom. The summed E-state index contributed by atoms with van der Waals surface area (Å²) in [5.74, 6) is 0.548. The van der Waals surface area contributed by atoms with Crippen LogP contribution >= 0.6 is 15.9 Å². The Bertz CT molecular complexity index is 401. The summed E-state index contributed by atoms with van der Waals surface area (Å²) in [6.07, 6.45) is 6.59. The van der Waals surface area contributed by atoms with E-state index >= 15 is 0 Å². The highest BCUT2D eigenvalue weighted by atomic mass is 79.9. The van der Waals surface area contributed by atoms with E-state index in [0.29, 0.717) is 0 Å². The van der Waals surface area contributed by atoms with Gasteiger partial charge in [0, 0.05) is 10.0 Å². The van der Waals surface area contributed by atoms with E-state index in [1.807, 2.05) is 6.07 Å². The zero-order valence-electron chi connectivity index (χ0n) is 10.9. The maximum Gasteiger partial charge on any atom is 0.124 e. The zero-order valence-corrected chi connectivity index (χ0v) is 12.5. The molecule has 1 aromatic rings. The van der Waals surface area contributed by atoms with Gasteiger partial charge in [-0.05, 0) is 48.9 Å². The molecule has 2 unspecified atom stereocenters. The molecule has 0 saturated heterocycles. The molecule has 2 rings (SSSR count). The Morgan fingerprint density at radius 2 is 2.22 bits per heavy atom. The van der Waals surface area contributed by atoms with Gasteiger partial charge in [0.05, 0.1) is 0 Å². The standard InChI is InChI=1S/C15H21BrFN/c1-2-11-4-3-5-15(18,9-11)10-12-6-13(16)8-14(17)7-12/h6-8,11H,2-5,9-10,18H2,1H3. The van der Waals surface area contributed by atoms with Gasteiger partial charge in [0.1, 0.15) is 5.82 Å². The van der Waals surface area contributed by atoms with E-state index < -0.39 is 0 Å². The van der Waals surface area contributed by atoms with Crippen LogP contribution in [0.1, 0.15) is 44.6 Å². The molecule has 0 heterocycles. The highest BCUT2D eigenvalue weighted by molar-refractivity contribution is 9.10. The van der Waals surface area contributed by atoms with E-state index in [4.69, 9.17) is 5.73 Å². The second kappa shape index (κ2) is 5.70. The van der Waals surface area contributed by atoms with Crippen molar-refractivity contribution in [3.8, 4) is 0 Å². The zero-order chi connectivity index (χ0) is 13.2. The monoisotopic (exact) mass is 313 g/mol. The Kier molecular flexibility index (Phi) is 4.44. The summed E-state index contributed by atoms with van der Waals surface area (Å²) in [5, 5.41) is 0. The lowest BCUT2D eigenvalue weighted by Gasteiger charge is -2.38. The molecule has 2 N–H and O–H groups in total. The second-order valence-corrected chi connectivity index (χ2v) is 6.60. The van der Waals surface area contributed by atoms with Crippen LogP contribution in [0.25, 0.3) is 0 Å². The molecule has 0 bridgehead atoms. The predicted octanol–water partition coefficient (Wildman–Crippen LogP) is 4.43. The average molecular weight is 314 g/mol. The maximum absolute atomic E-state index is 13.4. The van der Waals surface area contributed by atoms with Crippen LogP contribution in [0.2, 0.25) is 0 Å². The van der Waals surface area contributed by atoms with Crippen molar-refractivity contribution in [3.05, 3.63) is 34.1 Å². The molecule has 1 aromatic carbocycles. The molecule has 1 aliphatic carbocycles. The molecule has 0 amide bonds. The number of benzene rings is 1. The van der Waals surface area contributed by atoms with E-state index in [9.17, 15) is 4.39 Å². The number of halogens is 2. The van der Waals surface area contributed by atoms with E-state index in [1.165, 1.54) is 25.3 Å². The minimum Gasteiger partial charge on any atom is -0.325 e. The predicted molar refractivity (Wildman–Crippen MR) is 77.0 cm³/mol. The summed E-state index contributed by atoms with van der Waals surface area (Å²) in [7, 11) is 0. The van der Waals surface area contributed by atoms with E-state index in [0.717, 1.165) is 35.2 Å².